The number of anilines is 2. The number of benzene rings is 2. The Labute approximate surface area is 192 Å². The lowest BCUT2D eigenvalue weighted by Crippen LogP contribution is -2.30. The summed E-state index contributed by atoms with van der Waals surface area (Å²) in [5.41, 5.74) is 2.75. The van der Waals surface area contributed by atoms with E-state index >= 15 is 0 Å². The number of ether oxygens (including phenoxy) is 1. The van der Waals surface area contributed by atoms with Crippen LogP contribution in [0.4, 0.5) is 11.4 Å². The van der Waals surface area contributed by atoms with Crippen molar-refractivity contribution in [2.45, 2.75) is 0 Å². The molecule has 0 fully saturated rings. The molecule has 165 valence electrons. The van der Waals surface area contributed by atoms with Crippen molar-refractivity contribution in [1.82, 2.24) is 19.7 Å². The van der Waals surface area contributed by atoms with Crippen LogP contribution in [-0.4, -0.2) is 65.3 Å². The first-order valence-corrected chi connectivity index (χ1v) is 10.6. The third-order valence-corrected chi connectivity index (χ3v) is 5.13. The summed E-state index contributed by atoms with van der Waals surface area (Å²) in [7, 11) is 4.05. The topological polar surface area (TPSA) is 84.5 Å². The van der Waals surface area contributed by atoms with Crippen LogP contribution >= 0.6 is 24.4 Å². The van der Waals surface area contributed by atoms with E-state index in [4.69, 9.17) is 29.2 Å². The molecule has 0 saturated carbocycles. The van der Waals surface area contributed by atoms with Gasteiger partial charge in [0, 0.05) is 24.5 Å². The molecule has 3 aromatic rings. The van der Waals surface area contributed by atoms with E-state index in [0.29, 0.717) is 16.3 Å². The van der Waals surface area contributed by atoms with Gasteiger partial charge in [-0.05, 0) is 81.0 Å². The smallest absolute Gasteiger partial charge is 0.198 e. The van der Waals surface area contributed by atoms with Crippen LogP contribution in [0.1, 0.15) is 0 Å². The van der Waals surface area contributed by atoms with Gasteiger partial charge in [0.2, 0.25) is 0 Å². The van der Waals surface area contributed by atoms with Crippen LogP contribution in [0.2, 0.25) is 0 Å². The van der Waals surface area contributed by atoms with Crippen LogP contribution in [0.5, 0.6) is 5.75 Å². The second-order valence-electron chi connectivity index (χ2n) is 7.07. The highest BCUT2D eigenvalue weighted by Gasteiger charge is 2.07. The minimum absolute atomic E-state index is 0.00629. The van der Waals surface area contributed by atoms with Crippen LogP contribution in [0.25, 0.3) is 5.69 Å². The first-order chi connectivity index (χ1) is 15.0. The van der Waals surface area contributed by atoms with Gasteiger partial charge in [-0.2, -0.15) is 0 Å². The number of aliphatic hydroxyl groups is 1. The molecule has 1 heterocycles. The Morgan fingerprint density at radius 2 is 1.77 bits per heavy atom. The van der Waals surface area contributed by atoms with Crippen molar-refractivity contribution in [3.8, 4) is 11.4 Å². The summed E-state index contributed by atoms with van der Waals surface area (Å²) in [4.78, 5) is 4.14. The van der Waals surface area contributed by atoms with Gasteiger partial charge in [0.15, 0.2) is 16.3 Å². The van der Waals surface area contributed by atoms with Crippen molar-refractivity contribution in [3.05, 3.63) is 64.6 Å². The highest BCUT2D eigenvalue weighted by Crippen LogP contribution is 2.21. The maximum atomic E-state index is 9.29. The van der Waals surface area contributed by atoms with Crippen molar-refractivity contribution < 1.29 is 9.84 Å². The second kappa shape index (κ2) is 11.1. The summed E-state index contributed by atoms with van der Waals surface area (Å²) >= 11 is 10.5. The third kappa shape index (κ3) is 6.41. The van der Waals surface area contributed by atoms with E-state index in [1.165, 1.54) is 0 Å². The predicted molar refractivity (Wildman–Crippen MR) is 129 cm³/mol. The Morgan fingerprint density at radius 3 is 2.42 bits per heavy atom. The fraction of sp³-hybridized carbons (Fsp3) is 0.286. The molecule has 0 bridgehead atoms. The summed E-state index contributed by atoms with van der Waals surface area (Å²) < 4.78 is 8.60. The number of hydrogen-bond donors (Lipinski definition) is 4. The Kier molecular flexibility index (Phi) is 8.24. The van der Waals surface area contributed by atoms with E-state index in [0.717, 1.165) is 35.9 Å². The minimum atomic E-state index is -0.00629. The van der Waals surface area contributed by atoms with E-state index in [1.54, 1.807) is 11.1 Å². The summed E-state index contributed by atoms with van der Waals surface area (Å²) in [6, 6.07) is 15.6. The highest BCUT2D eigenvalue weighted by atomic mass is 32.1. The molecular weight excluding hydrogens is 432 g/mol. The molecule has 0 aliphatic heterocycles. The van der Waals surface area contributed by atoms with E-state index in [2.05, 4.69) is 20.4 Å². The SMILES string of the molecule is CN(C)CCN([CH]CO)c1ccc(OCNc2cccc(-n3c(=S)[nH][nH]c3=S)c2)cc1. The zero-order chi connectivity index (χ0) is 22.2. The summed E-state index contributed by atoms with van der Waals surface area (Å²) in [6.45, 7) is 3.75. The molecule has 0 spiro atoms. The third-order valence-electron chi connectivity index (χ3n) is 4.56. The number of rotatable bonds is 11. The van der Waals surface area contributed by atoms with Crippen molar-refractivity contribution in [2.75, 3.05) is 50.7 Å². The van der Waals surface area contributed by atoms with Gasteiger partial charge < -0.3 is 25.0 Å². The number of hydrogen-bond acceptors (Lipinski definition) is 7. The molecule has 0 atom stereocenters. The lowest BCUT2D eigenvalue weighted by molar-refractivity contribution is 0.321. The fourth-order valence-electron chi connectivity index (χ4n) is 2.97. The van der Waals surface area contributed by atoms with Gasteiger partial charge >= 0.3 is 0 Å². The number of aliphatic hydroxyl groups excluding tert-OH is 1. The van der Waals surface area contributed by atoms with Gasteiger partial charge in [0.25, 0.3) is 0 Å². The van der Waals surface area contributed by atoms with Crippen molar-refractivity contribution in [1.29, 1.82) is 0 Å². The summed E-state index contributed by atoms with van der Waals surface area (Å²) in [5.74, 6) is 0.749. The number of nitrogens with one attached hydrogen (secondary N) is 3. The quantitative estimate of drug-likeness (QED) is 0.258. The highest BCUT2D eigenvalue weighted by molar-refractivity contribution is 7.72. The molecule has 8 nitrogen and oxygen atoms in total. The fourth-order valence-corrected chi connectivity index (χ4v) is 3.52. The number of aromatic nitrogens is 3. The number of H-pyrrole nitrogens is 2. The van der Waals surface area contributed by atoms with Gasteiger partial charge in [0.1, 0.15) is 5.75 Å². The average molecular weight is 460 g/mol. The zero-order valence-electron chi connectivity index (χ0n) is 17.5. The molecule has 2 aromatic carbocycles. The number of likely N-dealkylation sites (N-methyl/N-ethyl adjacent to an activating group) is 1. The molecule has 4 N–H and O–H groups in total. The molecule has 31 heavy (non-hydrogen) atoms. The van der Waals surface area contributed by atoms with Gasteiger partial charge in [0.05, 0.1) is 18.8 Å². The average Bonchev–Trinajstić information content (AvgIpc) is 3.10. The Morgan fingerprint density at radius 1 is 1.06 bits per heavy atom. The van der Waals surface area contributed by atoms with E-state index < -0.39 is 0 Å². The van der Waals surface area contributed by atoms with Gasteiger partial charge in [-0.1, -0.05) is 6.07 Å². The van der Waals surface area contributed by atoms with E-state index in [9.17, 15) is 5.11 Å². The predicted octanol–water partition coefficient (Wildman–Crippen LogP) is 3.56. The van der Waals surface area contributed by atoms with E-state index in [-0.39, 0.29) is 6.61 Å². The molecular formula is C21H27N6O2S2. The van der Waals surface area contributed by atoms with Crippen LogP contribution in [0.3, 0.4) is 0 Å². The first kappa shape index (κ1) is 23.0. The minimum Gasteiger partial charge on any atom is -0.473 e. The van der Waals surface area contributed by atoms with Crippen LogP contribution < -0.4 is 15.0 Å². The zero-order valence-corrected chi connectivity index (χ0v) is 19.2. The van der Waals surface area contributed by atoms with E-state index in [1.807, 2.05) is 67.5 Å². The molecule has 0 amide bonds. The van der Waals surface area contributed by atoms with Crippen LogP contribution in [-0.2, 0) is 0 Å². The molecule has 0 unspecified atom stereocenters. The van der Waals surface area contributed by atoms with Gasteiger partial charge in [-0.15, -0.1) is 0 Å². The standard InChI is InChI=1S/C21H27N6O2S2/c1-25(2)10-11-26(12-13-28)17-6-8-19(9-7-17)29-15-22-16-4-3-5-18(14-16)27-20(30)23-24-21(27)31/h3-9,12,14,22,28H,10-11,13,15H2,1-2H3,(H,23,30)(H,24,31). The Hall–Kier alpha value is -2.66. The Bertz CT molecular complexity index is 1050. The molecule has 3 rings (SSSR count). The summed E-state index contributed by atoms with van der Waals surface area (Å²) in [6.07, 6.45) is 0. The van der Waals surface area contributed by atoms with Crippen molar-refractivity contribution >= 4 is 35.8 Å². The Balaban J connectivity index is 1.58. The van der Waals surface area contributed by atoms with Crippen LogP contribution in [0, 0.1) is 16.1 Å². The molecule has 1 radical (unpaired) electrons. The first-order valence-electron chi connectivity index (χ1n) is 9.80. The molecule has 0 saturated heterocycles. The molecule has 0 aliphatic rings. The van der Waals surface area contributed by atoms with Crippen molar-refractivity contribution in [2.24, 2.45) is 0 Å². The lowest BCUT2D eigenvalue weighted by atomic mass is 10.2. The van der Waals surface area contributed by atoms with Gasteiger partial charge in [-0.25, -0.2) is 0 Å². The second-order valence-corrected chi connectivity index (χ2v) is 7.84. The molecule has 10 heteroatoms. The number of aromatic amines is 2. The largest absolute Gasteiger partial charge is 0.473 e. The normalized spacial score (nSPS) is 11.0. The van der Waals surface area contributed by atoms with Gasteiger partial charge in [-0.3, -0.25) is 14.8 Å². The van der Waals surface area contributed by atoms with Crippen LogP contribution in [0.15, 0.2) is 48.5 Å². The van der Waals surface area contributed by atoms with Crippen molar-refractivity contribution in [3.63, 3.8) is 0 Å². The maximum absolute atomic E-state index is 9.29. The monoisotopic (exact) mass is 459 g/mol. The molecule has 0 aliphatic carbocycles. The molecule has 1 aromatic heterocycles. The summed E-state index contributed by atoms with van der Waals surface area (Å²) in [5, 5.41) is 18.2. The number of nitrogens with zero attached hydrogens (tertiary/aromatic N) is 3. The lowest BCUT2D eigenvalue weighted by Gasteiger charge is -2.25. The maximum Gasteiger partial charge on any atom is 0.198 e.